The topological polar surface area (TPSA) is 135 Å². The Morgan fingerprint density at radius 2 is 1.88 bits per heavy atom. The molecule has 1 aromatic heterocycles. The van der Waals surface area contributed by atoms with E-state index in [1.54, 1.807) is 4.90 Å². The van der Waals surface area contributed by atoms with Crippen LogP contribution in [-0.2, 0) is 33.9 Å². The van der Waals surface area contributed by atoms with Gasteiger partial charge in [-0.05, 0) is 67.7 Å². The number of aromatic nitrogens is 2. The summed E-state index contributed by atoms with van der Waals surface area (Å²) in [5.41, 5.74) is 1.72. The summed E-state index contributed by atoms with van der Waals surface area (Å²) in [5.74, 6) is -0.596. The first-order valence-electron chi connectivity index (χ1n) is 13.7. The monoisotopic (exact) mass is 662 g/mol. The SMILES string of the molecule is CCS(=O)(=O)c1ccc(Cl)cc1Cn1c(=O)[nH]c2c(Cl)c(CN3CCC[C@@H](C(=O)CCCN)C3)c(C(F)(F)F)cc2c1=O. The number of hydrogen-bond donors (Lipinski definition) is 2. The lowest BCUT2D eigenvalue weighted by molar-refractivity contribution is -0.138. The molecule has 2 aromatic carbocycles. The quantitative estimate of drug-likeness (QED) is 0.329. The number of benzene rings is 2. The van der Waals surface area contributed by atoms with Crippen molar-refractivity contribution in [2.24, 2.45) is 11.7 Å². The molecule has 43 heavy (non-hydrogen) atoms. The number of piperidine rings is 1. The van der Waals surface area contributed by atoms with Crippen LogP contribution in [-0.4, -0.2) is 54.0 Å². The first-order valence-corrected chi connectivity index (χ1v) is 16.1. The van der Waals surface area contributed by atoms with E-state index in [0.29, 0.717) is 49.4 Å². The number of ketones is 1. The average Bonchev–Trinajstić information content (AvgIpc) is 2.95. The van der Waals surface area contributed by atoms with Gasteiger partial charge in [-0.1, -0.05) is 30.1 Å². The van der Waals surface area contributed by atoms with E-state index in [4.69, 9.17) is 28.9 Å². The van der Waals surface area contributed by atoms with Crippen LogP contribution in [0.1, 0.15) is 49.3 Å². The largest absolute Gasteiger partial charge is 0.416 e. The fraction of sp³-hybridized carbons (Fsp3) is 0.464. The lowest BCUT2D eigenvalue weighted by Crippen LogP contribution is -2.39. The fourth-order valence-electron chi connectivity index (χ4n) is 5.41. The van der Waals surface area contributed by atoms with Gasteiger partial charge in [-0.2, -0.15) is 13.2 Å². The highest BCUT2D eigenvalue weighted by Gasteiger charge is 2.37. The lowest BCUT2D eigenvalue weighted by Gasteiger charge is -2.33. The Morgan fingerprint density at radius 1 is 1.16 bits per heavy atom. The molecule has 0 radical (unpaired) electrons. The summed E-state index contributed by atoms with van der Waals surface area (Å²) in [7, 11) is -3.79. The van der Waals surface area contributed by atoms with Crippen LogP contribution in [0, 0.1) is 5.92 Å². The molecule has 1 fully saturated rings. The summed E-state index contributed by atoms with van der Waals surface area (Å²) >= 11 is 12.5. The van der Waals surface area contributed by atoms with Gasteiger partial charge in [0.05, 0.1) is 38.7 Å². The molecule has 0 bridgehead atoms. The van der Waals surface area contributed by atoms with E-state index in [2.05, 4.69) is 4.98 Å². The third-order valence-corrected chi connectivity index (χ3v) is 10.1. The number of carbonyl (C=O) groups is 1. The number of Topliss-reactive ketones (excluding diaryl/α,β-unsaturated/α-hetero) is 1. The summed E-state index contributed by atoms with van der Waals surface area (Å²) in [5, 5.41) is -0.778. The Balaban J connectivity index is 1.80. The molecular formula is C28H31Cl2F3N4O5S. The second-order valence-corrected chi connectivity index (χ2v) is 13.6. The molecule has 0 spiro atoms. The predicted molar refractivity (Wildman–Crippen MR) is 158 cm³/mol. The van der Waals surface area contributed by atoms with Crippen molar-refractivity contribution in [1.82, 2.24) is 14.5 Å². The summed E-state index contributed by atoms with van der Waals surface area (Å²) in [6.45, 7) is 1.65. The predicted octanol–water partition coefficient (Wildman–Crippen LogP) is 4.38. The third kappa shape index (κ3) is 7.17. The van der Waals surface area contributed by atoms with Crippen LogP contribution < -0.4 is 17.0 Å². The molecule has 0 unspecified atom stereocenters. The van der Waals surface area contributed by atoms with Gasteiger partial charge in [0.15, 0.2) is 9.84 Å². The molecule has 1 aliphatic heterocycles. The van der Waals surface area contributed by atoms with E-state index in [1.165, 1.54) is 25.1 Å². The number of hydrogen-bond acceptors (Lipinski definition) is 7. The van der Waals surface area contributed by atoms with Crippen molar-refractivity contribution < 1.29 is 26.4 Å². The van der Waals surface area contributed by atoms with Crippen LogP contribution >= 0.6 is 23.2 Å². The minimum absolute atomic E-state index is 0.00952. The van der Waals surface area contributed by atoms with Crippen molar-refractivity contribution in [3.8, 4) is 0 Å². The van der Waals surface area contributed by atoms with Crippen LogP contribution in [0.15, 0.2) is 38.8 Å². The normalized spacial score (nSPS) is 16.6. The number of sulfone groups is 1. The molecule has 1 atom stereocenters. The van der Waals surface area contributed by atoms with Crippen molar-refractivity contribution in [1.29, 1.82) is 0 Å². The Labute approximate surface area is 255 Å². The van der Waals surface area contributed by atoms with Gasteiger partial charge in [0.1, 0.15) is 5.78 Å². The number of H-pyrrole nitrogens is 1. The van der Waals surface area contributed by atoms with Crippen molar-refractivity contribution in [2.45, 2.75) is 56.8 Å². The number of nitrogens with one attached hydrogen (secondary N) is 1. The van der Waals surface area contributed by atoms with Gasteiger partial charge in [0.2, 0.25) is 0 Å². The van der Waals surface area contributed by atoms with E-state index >= 15 is 0 Å². The molecule has 1 aliphatic rings. The molecule has 0 amide bonds. The van der Waals surface area contributed by atoms with E-state index in [9.17, 15) is 36.0 Å². The van der Waals surface area contributed by atoms with Crippen molar-refractivity contribution in [3.05, 3.63) is 71.8 Å². The zero-order chi connectivity index (χ0) is 31.7. The van der Waals surface area contributed by atoms with Crippen LogP contribution in [0.2, 0.25) is 10.0 Å². The van der Waals surface area contributed by atoms with Gasteiger partial charge in [-0.3, -0.25) is 19.1 Å². The van der Waals surface area contributed by atoms with Crippen molar-refractivity contribution in [3.63, 3.8) is 0 Å². The number of likely N-dealkylation sites (tertiary alicyclic amines) is 1. The first-order chi connectivity index (χ1) is 20.2. The number of carbonyl (C=O) groups excluding carboxylic acids is 1. The Kier molecular flexibility index (Phi) is 10.1. The minimum atomic E-state index is -4.90. The molecule has 3 N–H and O–H groups in total. The standard InChI is InChI=1S/C28H31Cl2F3N4O5S/c1-2-43(41,42)23-8-7-18(29)11-17(23)14-37-26(39)19-12-21(28(31,32)33)20(24(30)25(19)35-27(37)40)15-36-10-4-5-16(13-36)22(38)6-3-9-34/h7-8,11-12,16H,2-6,9-10,13-15,34H2,1H3,(H,35,40)/t16-/m1/s1. The molecule has 234 valence electrons. The first kappa shape index (κ1) is 33.2. The third-order valence-electron chi connectivity index (χ3n) is 7.66. The van der Waals surface area contributed by atoms with E-state index in [1.807, 2.05) is 0 Å². The number of rotatable bonds is 10. The van der Waals surface area contributed by atoms with Crippen molar-refractivity contribution in [2.75, 3.05) is 25.4 Å². The lowest BCUT2D eigenvalue weighted by atomic mass is 9.91. The number of nitrogens with zero attached hydrogens (tertiary/aromatic N) is 2. The van der Waals surface area contributed by atoms with Crippen LogP contribution in [0.3, 0.4) is 0 Å². The Hall–Kier alpha value is -2.71. The number of alkyl halides is 3. The zero-order valence-corrected chi connectivity index (χ0v) is 25.6. The molecule has 4 rings (SSSR count). The van der Waals surface area contributed by atoms with Gasteiger partial charge in [-0.15, -0.1) is 0 Å². The van der Waals surface area contributed by atoms with Gasteiger partial charge < -0.3 is 10.7 Å². The van der Waals surface area contributed by atoms with Crippen molar-refractivity contribution >= 4 is 49.7 Å². The van der Waals surface area contributed by atoms with Gasteiger partial charge in [0.25, 0.3) is 5.56 Å². The highest BCUT2D eigenvalue weighted by atomic mass is 35.5. The Morgan fingerprint density at radius 3 is 2.53 bits per heavy atom. The van der Waals surface area contributed by atoms with E-state index in [0.717, 1.165) is 0 Å². The molecule has 1 saturated heterocycles. The maximum absolute atomic E-state index is 14.4. The van der Waals surface area contributed by atoms with Crippen LogP contribution in [0.4, 0.5) is 13.2 Å². The molecule has 3 aromatic rings. The molecule has 15 heteroatoms. The van der Waals surface area contributed by atoms with Gasteiger partial charge in [0, 0.05) is 30.5 Å². The smallest absolute Gasteiger partial charge is 0.330 e. The number of halogens is 5. The molecular weight excluding hydrogens is 632 g/mol. The molecule has 9 nitrogen and oxygen atoms in total. The summed E-state index contributed by atoms with van der Waals surface area (Å²) in [6.07, 6.45) is -2.84. The maximum Gasteiger partial charge on any atom is 0.416 e. The summed E-state index contributed by atoms with van der Waals surface area (Å²) in [6, 6.07) is 4.53. The average molecular weight is 664 g/mol. The molecule has 0 aliphatic carbocycles. The summed E-state index contributed by atoms with van der Waals surface area (Å²) < 4.78 is 69.0. The highest BCUT2D eigenvalue weighted by molar-refractivity contribution is 7.91. The molecule has 2 heterocycles. The number of nitrogens with two attached hydrogens (primary N) is 1. The minimum Gasteiger partial charge on any atom is -0.330 e. The number of aromatic amines is 1. The van der Waals surface area contributed by atoms with E-state index < -0.39 is 49.8 Å². The number of fused-ring (bicyclic) bond motifs is 1. The van der Waals surface area contributed by atoms with E-state index in [-0.39, 0.29) is 57.1 Å². The highest BCUT2D eigenvalue weighted by Crippen LogP contribution is 2.39. The maximum atomic E-state index is 14.4. The van der Waals surface area contributed by atoms with Crippen LogP contribution in [0.25, 0.3) is 10.9 Å². The van der Waals surface area contributed by atoms with Gasteiger partial charge in [-0.25, -0.2) is 13.2 Å². The van der Waals surface area contributed by atoms with Crippen LogP contribution in [0.5, 0.6) is 0 Å². The summed E-state index contributed by atoms with van der Waals surface area (Å²) in [4.78, 5) is 43.1. The second kappa shape index (κ2) is 13.1. The molecule has 0 saturated carbocycles. The fourth-order valence-corrected chi connectivity index (χ4v) is 7.03. The van der Waals surface area contributed by atoms with Gasteiger partial charge >= 0.3 is 11.9 Å². The zero-order valence-electron chi connectivity index (χ0n) is 23.3. The second-order valence-electron chi connectivity index (χ2n) is 10.5. The Bertz CT molecular complexity index is 1770.